The minimum Gasteiger partial charge on any atom is -0.489 e. The molecule has 2 N–H and O–H groups in total. The van der Waals surface area contributed by atoms with Crippen LogP contribution in [0.15, 0.2) is 66.9 Å². The van der Waals surface area contributed by atoms with E-state index in [4.69, 9.17) is 18.9 Å². The Balaban J connectivity index is 1.15. The fraction of sp³-hybridized carbons (Fsp3) is 0.290. The van der Waals surface area contributed by atoms with Crippen molar-refractivity contribution in [2.75, 3.05) is 25.1 Å². The van der Waals surface area contributed by atoms with Gasteiger partial charge in [-0.3, -0.25) is 4.98 Å². The van der Waals surface area contributed by atoms with Crippen molar-refractivity contribution in [3.05, 3.63) is 78.2 Å². The van der Waals surface area contributed by atoms with Crippen molar-refractivity contribution in [3.8, 4) is 28.7 Å². The molecule has 0 unspecified atom stereocenters. The maximum absolute atomic E-state index is 13.2. The van der Waals surface area contributed by atoms with Crippen molar-refractivity contribution >= 4 is 22.6 Å². The van der Waals surface area contributed by atoms with E-state index in [1.165, 1.54) is 25.0 Å². The Morgan fingerprint density at radius 2 is 1.77 bits per heavy atom. The molecule has 1 atom stereocenters. The van der Waals surface area contributed by atoms with Crippen LogP contribution in [0.4, 0.5) is 14.9 Å². The highest BCUT2D eigenvalue weighted by atomic mass is 19.1. The molecule has 1 aliphatic heterocycles. The summed E-state index contributed by atoms with van der Waals surface area (Å²) >= 11 is 0. The molecular weight excluding hydrogens is 513 g/mol. The second kappa shape index (κ2) is 11.3. The topological polar surface area (TPSA) is 90.9 Å². The molecule has 1 saturated carbocycles. The lowest BCUT2D eigenvalue weighted by Gasteiger charge is -2.23. The highest BCUT2D eigenvalue weighted by Gasteiger charge is 2.26. The molecule has 8 nitrogen and oxygen atoms in total. The second-order valence-corrected chi connectivity index (χ2v) is 10.0. The number of ether oxygens (including phenoxy) is 4. The summed E-state index contributed by atoms with van der Waals surface area (Å²) in [7, 11) is 0. The number of carbonyl (C=O) groups is 1. The van der Waals surface area contributed by atoms with Gasteiger partial charge in [0.25, 0.3) is 0 Å². The van der Waals surface area contributed by atoms with Crippen LogP contribution in [0.2, 0.25) is 0 Å². The number of nitrogens with one attached hydrogen (secondary N) is 2. The van der Waals surface area contributed by atoms with Gasteiger partial charge in [0, 0.05) is 18.0 Å². The van der Waals surface area contributed by atoms with Crippen LogP contribution in [0, 0.1) is 11.7 Å². The van der Waals surface area contributed by atoms with Crippen LogP contribution in [-0.4, -0.2) is 30.8 Å². The first-order valence-electron chi connectivity index (χ1n) is 13.5. The Bertz CT molecular complexity index is 1510. The summed E-state index contributed by atoms with van der Waals surface area (Å²) < 4.78 is 37.5. The molecular formula is C31H30FN3O5. The molecule has 3 aromatic carbocycles. The Labute approximate surface area is 231 Å². The Hall–Kier alpha value is -4.53. The number of nitrogens with zero attached hydrogens (tertiary/aromatic N) is 1. The van der Waals surface area contributed by atoms with E-state index in [0.29, 0.717) is 65.2 Å². The minimum atomic E-state index is -0.371. The Morgan fingerprint density at radius 1 is 1.02 bits per heavy atom. The van der Waals surface area contributed by atoms with E-state index >= 15 is 0 Å². The van der Waals surface area contributed by atoms with Crippen molar-refractivity contribution < 1.29 is 28.1 Å². The van der Waals surface area contributed by atoms with Gasteiger partial charge >= 0.3 is 6.03 Å². The molecule has 2 amide bonds. The summed E-state index contributed by atoms with van der Waals surface area (Å²) in [5.74, 6) is 3.38. The standard InChI is InChI=1S/C31H30FN3O5/c1-19(21-4-6-22(32)7-5-21)34-31(36)35-23-8-10-24(11-9-23)40-26-12-14-33-25-18-27(37-15-13-20-2-3-20)29-30(28(25)26)39-17-16-38-29/h4-12,14,18-20H,2-3,13,15-17H2,1H3,(H2,34,35,36)/t19-/m0/s1. The molecule has 2 heterocycles. The fourth-order valence-corrected chi connectivity index (χ4v) is 4.64. The van der Waals surface area contributed by atoms with Crippen LogP contribution in [0.25, 0.3) is 10.9 Å². The van der Waals surface area contributed by atoms with E-state index in [2.05, 4.69) is 15.6 Å². The number of carbonyl (C=O) groups excluding carboxylic acids is 1. The number of anilines is 1. The van der Waals surface area contributed by atoms with Crippen LogP contribution >= 0.6 is 0 Å². The average Bonchev–Trinajstić information content (AvgIpc) is 3.79. The Kier molecular flexibility index (Phi) is 7.27. The predicted octanol–water partition coefficient (Wildman–Crippen LogP) is 7.00. The maximum Gasteiger partial charge on any atom is 0.319 e. The fourth-order valence-electron chi connectivity index (χ4n) is 4.64. The number of pyridine rings is 1. The smallest absolute Gasteiger partial charge is 0.319 e. The maximum atomic E-state index is 13.2. The van der Waals surface area contributed by atoms with Crippen molar-refractivity contribution in [1.29, 1.82) is 0 Å². The van der Waals surface area contributed by atoms with Gasteiger partial charge in [0.2, 0.25) is 5.75 Å². The van der Waals surface area contributed by atoms with Gasteiger partial charge in [0.05, 0.1) is 23.6 Å². The normalized spacial score (nSPS) is 14.8. The summed E-state index contributed by atoms with van der Waals surface area (Å²) in [5.41, 5.74) is 2.09. The molecule has 1 aliphatic carbocycles. The largest absolute Gasteiger partial charge is 0.489 e. The van der Waals surface area contributed by atoms with Gasteiger partial charge in [0.15, 0.2) is 11.5 Å². The van der Waals surface area contributed by atoms with Crippen molar-refractivity contribution in [1.82, 2.24) is 10.3 Å². The molecule has 1 fully saturated rings. The van der Waals surface area contributed by atoms with E-state index in [0.717, 1.165) is 17.9 Å². The number of benzene rings is 3. The zero-order chi connectivity index (χ0) is 27.5. The van der Waals surface area contributed by atoms with E-state index in [9.17, 15) is 9.18 Å². The number of hydrogen-bond donors (Lipinski definition) is 2. The quantitative estimate of drug-likeness (QED) is 0.236. The zero-order valence-corrected chi connectivity index (χ0v) is 22.1. The molecule has 4 aromatic rings. The molecule has 0 bridgehead atoms. The van der Waals surface area contributed by atoms with Gasteiger partial charge in [-0.2, -0.15) is 0 Å². The summed E-state index contributed by atoms with van der Waals surface area (Å²) in [6.07, 6.45) is 5.28. The number of halogens is 1. The first-order chi connectivity index (χ1) is 19.5. The van der Waals surface area contributed by atoms with Crippen molar-refractivity contribution in [2.24, 2.45) is 5.92 Å². The van der Waals surface area contributed by atoms with E-state index < -0.39 is 0 Å². The third-order valence-corrected chi connectivity index (χ3v) is 6.98. The highest BCUT2D eigenvalue weighted by molar-refractivity contribution is 5.95. The van der Waals surface area contributed by atoms with Gasteiger partial charge in [-0.1, -0.05) is 25.0 Å². The number of hydrogen-bond acceptors (Lipinski definition) is 6. The summed E-state index contributed by atoms with van der Waals surface area (Å²) in [5, 5.41) is 6.37. The lowest BCUT2D eigenvalue weighted by atomic mass is 10.1. The average molecular weight is 544 g/mol. The number of aromatic nitrogens is 1. The van der Waals surface area contributed by atoms with Gasteiger partial charge in [-0.15, -0.1) is 0 Å². The summed E-state index contributed by atoms with van der Waals surface area (Å²) in [6.45, 7) is 3.33. The van der Waals surface area contributed by atoms with Gasteiger partial charge in [-0.05, 0) is 67.3 Å². The summed E-state index contributed by atoms with van der Waals surface area (Å²) in [6, 6.07) is 16.1. The van der Waals surface area contributed by atoms with Crippen molar-refractivity contribution in [3.63, 3.8) is 0 Å². The lowest BCUT2D eigenvalue weighted by molar-refractivity contribution is 0.163. The van der Waals surface area contributed by atoms with Crippen LogP contribution < -0.4 is 29.6 Å². The third kappa shape index (κ3) is 5.88. The van der Waals surface area contributed by atoms with Crippen molar-refractivity contribution in [2.45, 2.75) is 32.2 Å². The van der Waals surface area contributed by atoms with Crippen LogP contribution in [0.3, 0.4) is 0 Å². The first-order valence-corrected chi connectivity index (χ1v) is 13.5. The van der Waals surface area contributed by atoms with E-state index in [1.807, 2.05) is 13.0 Å². The minimum absolute atomic E-state index is 0.288. The van der Waals surface area contributed by atoms with E-state index in [-0.39, 0.29) is 17.9 Å². The molecule has 9 heteroatoms. The SMILES string of the molecule is C[C@H](NC(=O)Nc1ccc(Oc2ccnc3cc(OCCC4CC4)c4c(c23)OCCO4)cc1)c1ccc(F)cc1. The first kappa shape index (κ1) is 25.7. The summed E-state index contributed by atoms with van der Waals surface area (Å²) in [4.78, 5) is 17.0. The van der Waals surface area contributed by atoms with Crippen LogP contribution in [0.5, 0.6) is 28.7 Å². The molecule has 0 radical (unpaired) electrons. The molecule has 1 aromatic heterocycles. The molecule has 2 aliphatic rings. The van der Waals surface area contributed by atoms with E-state index in [1.54, 1.807) is 48.7 Å². The predicted molar refractivity (Wildman–Crippen MR) is 149 cm³/mol. The van der Waals surface area contributed by atoms with Gasteiger partial charge < -0.3 is 29.6 Å². The lowest BCUT2D eigenvalue weighted by Crippen LogP contribution is -2.31. The number of urea groups is 1. The monoisotopic (exact) mass is 543 g/mol. The molecule has 206 valence electrons. The highest BCUT2D eigenvalue weighted by Crippen LogP contribution is 2.48. The third-order valence-electron chi connectivity index (χ3n) is 6.98. The molecule has 0 spiro atoms. The van der Waals surface area contributed by atoms with Crippen LogP contribution in [0.1, 0.15) is 37.8 Å². The molecule has 0 saturated heterocycles. The number of amides is 2. The second-order valence-electron chi connectivity index (χ2n) is 10.0. The molecule has 6 rings (SSSR count). The molecule has 40 heavy (non-hydrogen) atoms. The van der Waals surface area contributed by atoms with Crippen LogP contribution in [-0.2, 0) is 0 Å². The van der Waals surface area contributed by atoms with Gasteiger partial charge in [-0.25, -0.2) is 9.18 Å². The number of rotatable bonds is 9. The Morgan fingerprint density at radius 3 is 2.52 bits per heavy atom. The van der Waals surface area contributed by atoms with Gasteiger partial charge in [0.1, 0.15) is 30.5 Å². The number of fused-ring (bicyclic) bond motifs is 3. The zero-order valence-electron chi connectivity index (χ0n) is 22.1.